The molecule has 0 aliphatic heterocycles. The van der Waals surface area contributed by atoms with Gasteiger partial charge in [-0.15, -0.1) is 0 Å². The first-order valence-electron chi connectivity index (χ1n) is 4.45. The largest absolute Gasteiger partial charge is 0.461 e. The van der Waals surface area contributed by atoms with Crippen LogP contribution in [0.5, 0.6) is 0 Å². The maximum atomic E-state index is 11.6. The van der Waals surface area contributed by atoms with Crippen molar-refractivity contribution in [2.24, 2.45) is 0 Å². The van der Waals surface area contributed by atoms with Gasteiger partial charge in [0.25, 0.3) is 0 Å². The zero-order chi connectivity index (χ0) is 11.5. The summed E-state index contributed by atoms with van der Waals surface area (Å²) < 4.78 is 6.05. The topological polar surface area (TPSA) is 65.1 Å². The van der Waals surface area contributed by atoms with Crippen molar-refractivity contribution in [2.45, 2.75) is 6.54 Å². The number of aromatic nitrogens is 2. The Morgan fingerprint density at radius 2 is 2.38 bits per heavy atom. The number of ketones is 1. The molecule has 0 fully saturated rings. The third kappa shape index (κ3) is 2.20. The average Bonchev–Trinajstić information content (AvgIpc) is 2.76. The summed E-state index contributed by atoms with van der Waals surface area (Å²) in [6.07, 6.45) is 3.99. The van der Waals surface area contributed by atoms with Crippen LogP contribution in [-0.2, 0) is 6.54 Å². The molecule has 0 atom stereocenters. The molecule has 0 amide bonds. The highest BCUT2D eigenvalue weighted by molar-refractivity contribution is 6.30. The molecule has 2 heterocycles. The summed E-state index contributed by atoms with van der Waals surface area (Å²) >= 11 is 5.67. The van der Waals surface area contributed by atoms with Crippen molar-refractivity contribution >= 4 is 17.4 Å². The normalized spacial score (nSPS) is 10.3. The smallest absolute Gasteiger partial charge is 0.348 e. The van der Waals surface area contributed by atoms with Gasteiger partial charge in [0.15, 0.2) is 5.76 Å². The van der Waals surface area contributed by atoms with E-state index in [0.717, 1.165) is 4.57 Å². The van der Waals surface area contributed by atoms with Gasteiger partial charge in [0.2, 0.25) is 5.78 Å². The van der Waals surface area contributed by atoms with Crippen LogP contribution in [-0.4, -0.2) is 15.3 Å². The van der Waals surface area contributed by atoms with E-state index in [2.05, 4.69) is 4.98 Å². The van der Waals surface area contributed by atoms with Crippen molar-refractivity contribution in [1.29, 1.82) is 0 Å². The van der Waals surface area contributed by atoms with Gasteiger partial charge in [0, 0.05) is 6.20 Å². The lowest BCUT2D eigenvalue weighted by Crippen LogP contribution is -2.25. The van der Waals surface area contributed by atoms with Crippen LogP contribution in [0.1, 0.15) is 10.6 Å². The number of carbonyl (C=O) groups excluding carboxylic acids is 1. The van der Waals surface area contributed by atoms with E-state index in [-0.39, 0.29) is 18.1 Å². The minimum Gasteiger partial charge on any atom is -0.461 e. The Hall–Kier alpha value is -1.88. The quantitative estimate of drug-likeness (QED) is 0.758. The molecular formula is C10H7ClN2O3. The van der Waals surface area contributed by atoms with Crippen LogP contribution in [0, 0.1) is 0 Å². The number of hydrogen-bond acceptors (Lipinski definition) is 4. The Kier molecular flexibility index (Phi) is 2.87. The molecule has 5 nitrogen and oxygen atoms in total. The van der Waals surface area contributed by atoms with E-state index in [9.17, 15) is 9.59 Å². The van der Waals surface area contributed by atoms with E-state index in [1.54, 1.807) is 6.07 Å². The third-order valence-electron chi connectivity index (χ3n) is 1.93. The van der Waals surface area contributed by atoms with Crippen molar-refractivity contribution in [1.82, 2.24) is 9.55 Å². The second-order valence-electron chi connectivity index (χ2n) is 3.08. The molecule has 0 aliphatic rings. The molecule has 0 unspecified atom stereocenters. The van der Waals surface area contributed by atoms with Gasteiger partial charge >= 0.3 is 5.69 Å². The Morgan fingerprint density at radius 3 is 3.06 bits per heavy atom. The lowest BCUT2D eigenvalue weighted by molar-refractivity contribution is 0.0943. The Labute approximate surface area is 95.3 Å². The number of hydrogen-bond donors (Lipinski definition) is 0. The molecule has 0 saturated carbocycles. The second kappa shape index (κ2) is 4.32. The van der Waals surface area contributed by atoms with Crippen molar-refractivity contribution in [3.63, 3.8) is 0 Å². The molecule has 2 aromatic heterocycles. The fourth-order valence-corrected chi connectivity index (χ4v) is 1.38. The van der Waals surface area contributed by atoms with Gasteiger partial charge in [-0.05, 0) is 12.1 Å². The highest BCUT2D eigenvalue weighted by Crippen LogP contribution is 2.05. The molecule has 0 spiro atoms. The molecule has 0 N–H and O–H groups in total. The summed E-state index contributed by atoms with van der Waals surface area (Å²) in [5, 5.41) is 0.298. The highest BCUT2D eigenvalue weighted by Gasteiger charge is 2.10. The molecule has 2 rings (SSSR count). The summed E-state index contributed by atoms with van der Waals surface area (Å²) in [6, 6.07) is 3.14. The first kappa shape index (κ1) is 10.6. The van der Waals surface area contributed by atoms with E-state index >= 15 is 0 Å². The number of carbonyl (C=O) groups is 1. The lowest BCUT2D eigenvalue weighted by atomic mass is 10.3. The maximum absolute atomic E-state index is 11.6. The van der Waals surface area contributed by atoms with E-state index in [1.165, 1.54) is 24.7 Å². The molecule has 0 aromatic carbocycles. The van der Waals surface area contributed by atoms with Crippen LogP contribution in [0.25, 0.3) is 0 Å². The molecule has 6 heteroatoms. The van der Waals surface area contributed by atoms with Crippen molar-refractivity contribution in [2.75, 3.05) is 0 Å². The molecular weight excluding hydrogens is 232 g/mol. The van der Waals surface area contributed by atoms with Gasteiger partial charge in [0.05, 0.1) is 24.0 Å². The monoisotopic (exact) mass is 238 g/mol. The molecule has 0 bridgehead atoms. The van der Waals surface area contributed by atoms with Crippen molar-refractivity contribution in [3.8, 4) is 0 Å². The average molecular weight is 239 g/mol. The van der Waals surface area contributed by atoms with E-state index < -0.39 is 5.69 Å². The van der Waals surface area contributed by atoms with Gasteiger partial charge in [-0.1, -0.05) is 11.6 Å². The fourth-order valence-electron chi connectivity index (χ4n) is 1.21. The minimum absolute atomic E-state index is 0.139. The van der Waals surface area contributed by atoms with E-state index in [1.807, 2.05) is 0 Å². The summed E-state index contributed by atoms with van der Waals surface area (Å²) in [5.41, 5.74) is -0.524. The predicted octanol–water partition coefficient (Wildman–Crippen LogP) is 1.37. The number of furan rings is 1. The van der Waals surface area contributed by atoms with Gasteiger partial charge in [0.1, 0.15) is 0 Å². The molecule has 16 heavy (non-hydrogen) atoms. The van der Waals surface area contributed by atoms with E-state index in [0.29, 0.717) is 5.02 Å². The molecule has 0 saturated heterocycles. The Morgan fingerprint density at radius 1 is 1.56 bits per heavy atom. The van der Waals surface area contributed by atoms with Gasteiger partial charge in [-0.3, -0.25) is 9.36 Å². The highest BCUT2D eigenvalue weighted by atomic mass is 35.5. The Bertz CT molecular complexity index is 560. The zero-order valence-electron chi connectivity index (χ0n) is 8.09. The Balaban J connectivity index is 2.25. The second-order valence-corrected chi connectivity index (χ2v) is 3.52. The summed E-state index contributed by atoms with van der Waals surface area (Å²) in [6.45, 7) is -0.139. The number of Topliss-reactive ketones (excluding diaryl/α,β-unsaturated/α-hetero) is 1. The number of rotatable bonds is 3. The molecule has 0 aliphatic carbocycles. The summed E-state index contributed by atoms with van der Waals surface area (Å²) in [4.78, 5) is 26.4. The van der Waals surface area contributed by atoms with Crippen molar-refractivity contribution in [3.05, 3.63) is 52.1 Å². The zero-order valence-corrected chi connectivity index (χ0v) is 8.85. The SMILES string of the molecule is O=C(Cn1cc(Cl)cnc1=O)c1ccco1. The van der Waals surface area contributed by atoms with Crippen molar-refractivity contribution < 1.29 is 9.21 Å². The predicted molar refractivity (Wildman–Crippen MR) is 56.5 cm³/mol. The maximum Gasteiger partial charge on any atom is 0.348 e. The third-order valence-corrected chi connectivity index (χ3v) is 2.13. The molecule has 0 radical (unpaired) electrons. The van der Waals surface area contributed by atoms with Crippen LogP contribution < -0.4 is 5.69 Å². The first-order valence-corrected chi connectivity index (χ1v) is 4.83. The summed E-state index contributed by atoms with van der Waals surface area (Å²) in [7, 11) is 0. The molecule has 82 valence electrons. The van der Waals surface area contributed by atoms with E-state index in [4.69, 9.17) is 16.0 Å². The number of halogens is 1. The van der Waals surface area contributed by atoms with Crippen LogP contribution >= 0.6 is 11.6 Å². The lowest BCUT2D eigenvalue weighted by Gasteiger charge is -2.02. The van der Waals surface area contributed by atoms with Gasteiger partial charge < -0.3 is 4.42 Å². The van der Waals surface area contributed by atoms with Gasteiger partial charge in [-0.25, -0.2) is 9.78 Å². The van der Waals surface area contributed by atoms with Crippen LogP contribution in [0.2, 0.25) is 5.02 Å². The molecule has 2 aromatic rings. The standard InChI is InChI=1S/C10H7ClN2O3/c11-7-4-12-10(15)13(5-7)6-8(14)9-2-1-3-16-9/h1-5H,6H2. The first-order chi connectivity index (χ1) is 7.66. The number of nitrogens with zero attached hydrogens (tertiary/aromatic N) is 2. The van der Waals surface area contributed by atoms with Crippen LogP contribution in [0.3, 0.4) is 0 Å². The van der Waals surface area contributed by atoms with Crippen LogP contribution in [0.15, 0.2) is 40.0 Å². The minimum atomic E-state index is -0.524. The van der Waals surface area contributed by atoms with Gasteiger partial charge in [-0.2, -0.15) is 0 Å². The van der Waals surface area contributed by atoms with Crippen LogP contribution in [0.4, 0.5) is 0 Å². The fraction of sp³-hybridized carbons (Fsp3) is 0.100. The summed E-state index contributed by atoms with van der Waals surface area (Å²) in [5.74, 6) is -0.108.